The van der Waals surface area contributed by atoms with Gasteiger partial charge in [-0.25, -0.2) is 0 Å². The lowest BCUT2D eigenvalue weighted by atomic mass is 9.77. The summed E-state index contributed by atoms with van der Waals surface area (Å²) in [4.78, 5) is 0. The predicted octanol–water partition coefficient (Wildman–Crippen LogP) is 8.56. The molecule has 0 fully saturated rings. The van der Waals surface area contributed by atoms with Crippen molar-refractivity contribution in [2.75, 3.05) is 0 Å². The monoisotopic (exact) mass is 542 g/mol. The number of hydrogen-bond acceptors (Lipinski definition) is 2. The van der Waals surface area contributed by atoms with Crippen molar-refractivity contribution in [2.24, 2.45) is 10.8 Å². The molecule has 0 saturated heterocycles. The summed E-state index contributed by atoms with van der Waals surface area (Å²) in [5.74, 6) is 6.71. The molecule has 2 unspecified atom stereocenters. The fourth-order valence-corrected chi connectivity index (χ4v) is 5.99. The summed E-state index contributed by atoms with van der Waals surface area (Å²) in [5, 5.41) is 0. The van der Waals surface area contributed by atoms with E-state index in [1.807, 2.05) is 24.3 Å². The second-order valence-electron chi connectivity index (χ2n) is 11.1. The van der Waals surface area contributed by atoms with E-state index in [-0.39, 0.29) is 23.0 Å². The first kappa shape index (κ1) is 28.1. The lowest BCUT2D eigenvalue weighted by molar-refractivity contribution is 0.0656. The first-order valence-electron chi connectivity index (χ1n) is 11.5. The van der Waals surface area contributed by atoms with E-state index in [9.17, 15) is 0 Å². The van der Waals surface area contributed by atoms with Crippen LogP contribution in [0, 0.1) is 22.7 Å². The quantitative estimate of drug-likeness (QED) is 0.268. The van der Waals surface area contributed by atoms with Gasteiger partial charge in [-0.2, -0.15) is 0 Å². The number of halogens is 1. The van der Waals surface area contributed by atoms with Gasteiger partial charge in [0.2, 0.25) is 18.1 Å². The van der Waals surface area contributed by atoms with Crippen LogP contribution in [0.4, 0.5) is 0 Å². The van der Waals surface area contributed by atoms with Gasteiger partial charge < -0.3 is 8.85 Å². The van der Waals surface area contributed by atoms with Gasteiger partial charge in [-0.1, -0.05) is 71.6 Å². The average molecular weight is 544 g/mol. The highest BCUT2D eigenvalue weighted by molar-refractivity contribution is 9.10. The smallest absolute Gasteiger partial charge is 0.205 e. The van der Waals surface area contributed by atoms with Crippen LogP contribution in [0.25, 0.3) is 0 Å². The molecule has 5 heteroatoms. The zero-order chi connectivity index (χ0) is 25.0. The Labute approximate surface area is 214 Å². The van der Waals surface area contributed by atoms with Crippen LogP contribution in [0.1, 0.15) is 76.0 Å². The van der Waals surface area contributed by atoms with E-state index >= 15 is 0 Å². The molecule has 0 aliphatic carbocycles. The molecular weight excluding hydrogens is 504 g/mol. The van der Waals surface area contributed by atoms with E-state index in [0.29, 0.717) is 0 Å². The van der Waals surface area contributed by atoms with Gasteiger partial charge in [0.1, 0.15) is 0 Å². The molecule has 0 spiro atoms. The number of hydrogen-bond donors (Lipinski definition) is 0. The van der Waals surface area contributed by atoms with E-state index in [4.69, 9.17) is 8.85 Å². The number of benzene rings is 2. The molecule has 2 radical (unpaired) electrons. The van der Waals surface area contributed by atoms with Gasteiger partial charge in [0.05, 0.1) is 12.2 Å². The minimum absolute atomic E-state index is 0.000463. The third kappa shape index (κ3) is 8.22. The summed E-state index contributed by atoms with van der Waals surface area (Å²) in [5.41, 5.74) is 4.32. The van der Waals surface area contributed by atoms with Crippen LogP contribution in [0.3, 0.4) is 0 Å². The van der Waals surface area contributed by atoms with Gasteiger partial charge in [0.25, 0.3) is 0 Å². The largest absolute Gasteiger partial charge is 0.410 e. The van der Waals surface area contributed by atoms with E-state index in [0.717, 1.165) is 15.6 Å². The fraction of sp³-hybridized carbons (Fsp3) is 0.500. The Hall–Kier alpha value is -1.17. The summed E-state index contributed by atoms with van der Waals surface area (Å²) in [7, 11) is -1.80. The minimum Gasteiger partial charge on any atom is -0.410 e. The van der Waals surface area contributed by atoms with Crippen LogP contribution in [-0.2, 0) is 8.85 Å². The number of rotatable bonds is 6. The van der Waals surface area contributed by atoms with Crippen molar-refractivity contribution in [1.29, 1.82) is 0 Å². The maximum Gasteiger partial charge on any atom is 0.205 e. The molecule has 33 heavy (non-hydrogen) atoms. The first-order valence-corrected chi connectivity index (χ1v) is 17.1. The van der Waals surface area contributed by atoms with Crippen molar-refractivity contribution in [3.8, 4) is 11.8 Å². The Morgan fingerprint density at radius 3 is 1.73 bits per heavy atom. The van der Waals surface area contributed by atoms with E-state index in [1.165, 1.54) is 11.1 Å². The van der Waals surface area contributed by atoms with Crippen LogP contribution < -0.4 is 0 Å². The second-order valence-corrected chi connectivity index (χ2v) is 16.1. The van der Waals surface area contributed by atoms with Gasteiger partial charge in [-0.05, 0) is 88.3 Å². The molecule has 0 saturated carbocycles. The Morgan fingerprint density at radius 2 is 1.24 bits per heavy atom. The third-order valence-electron chi connectivity index (χ3n) is 5.15. The first-order chi connectivity index (χ1) is 15.2. The molecule has 0 aromatic heterocycles. The molecule has 178 valence electrons. The zero-order valence-electron chi connectivity index (χ0n) is 21.9. The molecule has 2 nitrogen and oxygen atoms in total. The Morgan fingerprint density at radius 1 is 0.727 bits per heavy atom. The molecule has 2 atom stereocenters. The van der Waals surface area contributed by atoms with Crippen LogP contribution >= 0.6 is 15.9 Å². The molecule has 0 amide bonds. The Kier molecular flexibility index (Phi) is 9.79. The molecular formula is C28H39BrO2Si2. The van der Waals surface area contributed by atoms with Crippen molar-refractivity contribution >= 4 is 34.0 Å². The van der Waals surface area contributed by atoms with E-state index in [2.05, 4.69) is 114 Å². The highest BCUT2D eigenvalue weighted by atomic mass is 79.9. The molecule has 2 aromatic carbocycles. The standard InChI is InChI=1S/C28H39BrO2Si2/c1-27(2,3)25(30-32(7)8)22-18-16-20(15-17-21-13-11-12-14-24(21)29)19-23(22)26(28(4,5)6)31-33(9)10/h11-14,16,18-19,25-26H,1-10H3. The van der Waals surface area contributed by atoms with Crippen molar-refractivity contribution in [1.82, 2.24) is 0 Å². The lowest BCUT2D eigenvalue weighted by Crippen LogP contribution is -2.31. The maximum atomic E-state index is 6.65. The van der Waals surface area contributed by atoms with Crippen LogP contribution in [-0.4, -0.2) is 18.1 Å². The molecule has 2 rings (SSSR count). The lowest BCUT2D eigenvalue weighted by Gasteiger charge is -2.39. The van der Waals surface area contributed by atoms with Crippen molar-refractivity contribution < 1.29 is 8.85 Å². The van der Waals surface area contributed by atoms with E-state index in [1.54, 1.807) is 0 Å². The third-order valence-corrected chi connectivity index (χ3v) is 7.25. The second kappa shape index (κ2) is 11.5. The molecule has 0 aliphatic heterocycles. The Bertz CT molecular complexity index is 991. The molecule has 0 bridgehead atoms. The summed E-state index contributed by atoms with van der Waals surface area (Å²) in [6, 6.07) is 14.7. The van der Waals surface area contributed by atoms with Gasteiger partial charge in [-0.15, -0.1) is 0 Å². The highest BCUT2D eigenvalue weighted by Crippen LogP contribution is 2.45. The topological polar surface area (TPSA) is 18.5 Å². The highest BCUT2D eigenvalue weighted by Gasteiger charge is 2.36. The van der Waals surface area contributed by atoms with Crippen molar-refractivity contribution in [3.05, 3.63) is 69.2 Å². The van der Waals surface area contributed by atoms with E-state index < -0.39 is 18.1 Å². The van der Waals surface area contributed by atoms with Crippen molar-refractivity contribution in [2.45, 2.75) is 79.9 Å². The van der Waals surface area contributed by atoms with Crippen molar-refractivity contribution in [3.63, 3.8) is 0 Å². The van der Waals surface area contributed by atoms with Gasteiger partial charge in [0.15, 0.2) is 0 Å². The van der Waals surface area contributed by atoms with Crippen LogP contribution in [0.2, 0.25) is 26.2 Å². The SMILES string of the molecule is C[Si](C)OC(c1ccc(C#Cc2ccccc2Br)cc1C(O[Si](C)C)C(C)(C)C)C(C)(C)C. The van der Waals surface area contributed by atoms with Gasteiger partial charge in [0, 0.05) is 15.6 Å². The fourth-order valence-electron chi connectivity index (χ4n) is 3.71. The summed E-state index contributed by atoms with van der Waals surface area (Å²) in [6.45, 7) is 22.4. The molecule has 2 aromatic rings. The van der Waals surface area contributed by atoms with Gasteiger partial charge >= 0.3 is 0 Å². The minimum atomic E-state index is -0.912. The molecule has 0 N–H and O–H groups in total. The van der Waals surface area contributed by atoms with Crippen LogP contribution in [0.15, 0.2) is 46.9 Å². The van der Waals surface area contributed by atoms with Gasteiger partial charge in [-0.3, -0.25) is 0 Å². The zero-order valence-corrected chi connectivity index (χ0v) is 25.5. The summed E-state index contributed by atoms with van der Waals surface area (Å²) >= 11 is 3.60. The summed E-state index contributed by atoms with van der Waals surface area (Å²) in [6.07, 6.45) is -0.0288. The molecule has 0 heterocycles. The Balaban J connectivity index is 2.70. The summed E-state index contributed by atoms with van der Waals surface area (Å²) < 4.78 is 14.3. The maximum absolute atomic E-state index is 6.65. The predicted molar refractivity (Wildman–Crippen MR) is 148 cm³/mol. The average Bonchev–Trinajstić information content (AvgIpc) is 2.68. The normalized spacial score (nSPS) is 14.2. The van der Waals surface area contributed by atoms with Crippen LogP contribution in [0.5, 0.6) is 0 Å². The molecule has 0 aliphatic rings.